The fraction of sp³-hybridized carbons (Fsp3) is 0.788. The lowest BCUT2D eigenvalue weighted by Crippen LogP contribution is -2.61. The highest BCUT2D eigenvalue weighted by Crippen LogP contribution is 2.19. The van der Waals surface area contributed by atoms with E-state index in [4.69, 9.17) is 11.5 Å². The van der Waals surface area contributed by atoms with Crippen molar-refractivity contribution < 1.29 is 43.8 Å². The molecule has 19 heteroatoms. The lowest BCUT2D eigenvalue weighted by Gasteiger charge is -2.30. The number of nitrogens with two attached hydrogens (primary N) is 2. The number of carboxylic acids is 1. The van der Waals surface area contributed by atoms with Crippen LogP contribution < -0.4 is 38.1 Å². The van der Waals surface area contributed by atoms with Gasteiger partial charge in [-0.25, -0.2) is 4.79 Å². The topological polar surface area (TPSA) is 275 Å². The van der Waals surface area contributed by atoms with E-state index in [-0.39, 0.29) is 37.5 Å². The molecule has 0 aromatic rings. The van der Waals surface area contributed by atoms with Crippen LogP contribution in [0.1, 0.15) is 72.6 Å². The molecule has 52 heavy (non-hydrogen) atoms. The Morgan fingerprint density at radius 3 is 2.00 bits per heavy atom. The van der Waals surface area contributed by atoms with Gasteiger partial charge in [0.05, 0.1) is 12.6 Å². The minimum Gasteiger partial charge on any atom is -0.480 e. The third-order valence-corrected chi connectivity index (χ3v) is 9.58. The molecular formula is C33H60N8O9S2. The summed E-state index contributed by atoms with van der Waals surface area (Å²) in [5.41, 5.74) is 11.4. The molecule has 0 aliphatic carbocycles. The number of carboxylic acid groups (broad SMARTS) is 1. The largest absolute Gasteiger partial charge is 0.480 e. The summed E-state index contributed by atoms with van der Waals surface area (Å²) in [4.78, 5) is 92.4. The molecule has 7 atom stereocenters. The van der Waals surface area contributed by atoms with Gasteiger partial charge in [0.25, 0.3) is 0 Å². The van der Waals surface area contributed by atoms with E-state index in [2.05, 4.69) is 39.2 Å². The van der Waals surface area contributed by atoms with Gasteiger partial charge in [-0.15, -0.1) is 0 Å². The van der Waals surface area contributed by atoms with Crippen LogP contribution in [0.4, 0.5) is 0 Å². The lowest BCUT2D eigenvalue weighted by molar-refractivity contribution is -0.143. The maximum absolute atomic E-state index is 13.5. The van der Waals surface area contributed by atoms with Gasteiger partial charge >= 0.3 is 5.97 Å². The molecule has 298 valence electrons. The summed E-state index contributed by atoms with van der Waals surface area (Å²) < 4.78 is 0. The number of nitrogens with one attached hydrogen (secondary N) is 5. The summed E-state index contributed by atoms with van der Waals surface area (Å²) in [5.74, 6) is -5.37. The van der Waals surface area contributed by atoms with Crippen molar-refractivity contribution in [2.24, 2.45) is 23.3 Å². The van der Waals surface area contributed by atoms with Crippen LogP contribution >= 0.6 is 24.4 Å². The van der Waals surface area contributed by atoms with Gasteiger partial charge in [-0.1, -0.05) is 34.1 Å². The first-order chi connectivity index (χ1) is 24.5. The van der Waals surface area contributed by atoms with Crippen molar-refractivity contribution in [2.45, 2.75) is 115 Å². The van der Waals surface area contributed by atoms with Gasteiger partial charge in [-0.3, -0.25) is 28.8 Å². The van der Waals surface area contributed by atoms with Gasteiger partial charge in [-0.2, -0.15) is 24.4 Å². The van der Waals surface area contributed by atoms with Gasteiger partial charge in [0, 0.05) is 12.3 Å². The number of carbonyl (C=O) groups excluding carboxylic acids is 6. The first kappa shape index (κ1) is 46.9. The van der Waals surface area contributed by atoms with Crippen LogP contribution in [0.25, 0.3) is 0 Å². The molecule has 6 amide bonds. The number of aliphatic hydroxyl groups is 1. The molecule has 17 nitrogen and oxygen atoms in total. The Labute approximate surface area is 316 Å². The summed E-state index contributed by atoms with van der Waals surface area (Å²) >= 11 is 5.67. The molecule has 0 spiro atoms. The van der Waals surface area contributed by atoms with Crippen LogP contribution in [0, 0.1) is 11.8 Å². The van der Waals surface area contributed by atoms with Gasteiger partial charge in [0.1, 0.15) is 36.3 Å². The highest BCUT2D eigenvalue weighted by atomic mass is 32.2. The van der Waals surface area contributed by atoms with Crippen LogP contribution in [0.2, 0.25) is 0 Å². The number of aliphatic hydroxyl groups excluding tert-OH is 1. The van der Waals surface area contributed by atoms with E-state index in [1.165, 1.54) is 16.7 Å². The number of amides is 6. The second-order valence-corrected chi connectivity index (χ2v) is 15.0. The van der Waals surface area contributed by atoms with Gasteiger partial charge in [-0.05, 0) is 68.9 Å². The molecule has 0 aromatic carbocycles. The second-order valence-electron chi connectivity index (χ2n) is 13.7. The summed E-state index contributed by atoms with van der Waals surface area (Å²) in [7, 11) is 0. The number of carbonyl (C=O) groups is 7. The van der Waals surface area contributed by atoms with Crippen LogP contribution in [0.15, 0.2) is 0 Å². The maximum Gasteiger partial charge on any atom is 0.326 e. The molecule has 1 saturated heterocycles. The molecule has 7 unspecified atom stereocenters. The summed E-state index contributed by atoms with van der Waals surface area (Å²) in [5, 5.41) is 32.4. The molecule has 0 radical (unpaired) electrons. The number of thioether (sulfide) groups is 1. The molecule has 1 heterocycles. The van der Waals surface area contributed by atoms with Gasteiger partial charge < -0.3 is 53.2 Å². The molecular weight excluding hydrogens is 717 g/mol. The number of thiol groups is 1. The third kappa shape index (κ3) is 15.5. The number of likely N-dealkylation sites (tertiary alicyclic amines) is 1. The van der Waals surface area contributed by atoms with E-state index >= 15 is 0 Å². The third-order valence-electron chi connectivity index (χ3n) is 8.57. The Balaban J connectivity index is 3.01. The Kier molecular flexibility index (Phi) is 21.9. The first-order valence-electron chi connectivity index (χ1n) is 17.7. The van der Waals surface area contributed by atoms with Crippen molar-refractivity contribution in [3.8, 4) is 0 Å². The molecule has 0 aromatic heterocycles. The Bertz CT molecular complexity index is 1210. The molecule has 1 aliphatic heterocycles. The number of nitrogens with zero attached hydrogens (tertiary/aromatic N) is 1. The molecule has 1 fully saturated rings. The summed E-state index contributed by atoms with van der Waals surface area (Å²) in [6.07, 6.45) is 4.58. The van der Waals surface area contributed by atoms with Crippen molar-refractivity contribution in [1.82, 2.24) is 31.5 Å². The molecule has 0 saturated carbocycles. The SMILES string of the molecule is CSCCC(NC(=O)C(CC(C)C)NC(=O)C(NC(=O)C(CS)NC(=O)C1CCCN1C(=O)C(CO)NC(=O)C(N)CCCCN)C(C)C)C(=O)O. The fourth-order valence-corrected chi connectivity index (χ4v) is 6.32. The highest BCUT2D eigenvalue weighted by Gasteiger charge is 2.39. The number of hydrogen-bond acceptors (Lipinski definition) is 12. The molecule has 11 N–H and O–H groups in total. The van der Waals surface area contributed by atoms with Gasteiger partial charge in [0.15, 0.2) is 0 Å². The molecule has 1 aliphatic rings. The Morgan fingerprint density at radius 1 is 0.846 bits per heavy atom. The predicted molar refractivity (Wildman–Crippen MR) is 201 cm³/mol. The molecule has 1 rings (SSSR count). The fourth-order valence-electron chi connectivity index (χ4n) is 5.59. The number of hydrogen-bond donors (Lipinski definition) is 10. The predicted octanol–water partition coefficient (Wildman–Crippen LogP) is -1.68. The van der Waals surface area contributed by atoms with E-state index in [9.17, 15) is 43.8 Å². The number of aliphatic carboxylic acids is 1. The number of rotatable bonds is 24. The quantitative estimate of drug-likeness (QED) is 0.0389. The van der Waals surface area contributed by atoms with E-state index in [1.54, 1.807) is 13.8 Å². The summed E-state index contributed by atoms with van der Waals surface area (Å²) in [6, 6.07) is -7.81. The smallest absolute Gasteiger partial charge is 0.326 e. The van der Waals surface area contributed by atoms with Crippen molar-refractivity contribution in [3.63, 3.8) is 0 Å². The minimum absolute atomic E-state index is 0.0450. The average Bonchev–Trinajstić information content (AvgIpc) is 3.59. The van der Waals surface area contributed by atoms with Crippen LogP contribution in [0.3, 0.4) is 0 Å². The highest BCUT2D eigenvalue weighted by molar-refractivity contribution is 7.98. The average molecular weight is 777 g/mol. The minimum atomic E-state index is -1.33. The van der Waals surface area contributed by atoms with Crippen molar-refractivity contribution in [1.29, 1.82) is 0 Å². The van der Waals surface area contributed by atoms with E-state index in [0.29, 0.717) is 38.0 Å². The Hall–Kier alpha value is -3.13. The maximum atomic E-state index is 13.5. The summed E-state index contributed by atoms with van der Waals surface area (Å²) in [6.45, 7) is 6.96. The standard InChI is InChI=1S/C33H60N8O9S2/c1-18(2)15-22(28(44)36-21(33(49)50)11-14-52-5)37-31(47)26(19(3)4)40-29(45)24(17-51)39-30(46)25-10-8-13-41(25)32(48)23(16-42)38-27(43)20(35)9-6-7-12-34/h18-26,42,51H,6-17,34-35H2,1-5H3,(H,36,44)(H,37,47)(H,38,43)(H,39,46)(H,40,45)(H,49,50). The zero-order chi connectivity index (χ0) is 39.5. The number of unbranched alkanes of at least 4 members (excludes halogenated alkanes) is 1. The van der Waals surface area contributed by atoms with E-state index < -0.39 is 96.2 Å². The van der Waals surface area contributed by atoms with Crippen LogP contribution in [-0.4, -0.2) is 136 Å². The lowest BCUT2D eigenvalue weighted by atomic mass is 9.99. The van der Waals surface area contributed by atoms with Crippen molar-refractivity contribution in [2.75, 3.05) is 37.5 Å². The normalized spacial score (nSPS) is 17.8. The molecule has 0 bridgehead atoms. The zero-order valence-corrected chi connectivity index (χ0v) is 32.6. The van der Waals surface area contributed by atoms with E-state index in [1.807, 2.05) is 20.1 Å². The van der Waals surface area contributed by atoms with Crippen LogP contribution in [-0.2, 0) is 33.6 Å². The first-order valence-corrected chi connectivity index (χ1v) is 19.8. The zero-order valence-electron chi connectivity index (χ0n) is 30.9. The van der Waals surface area contributed by atoms with Crippen molar-refractivity contribution >= 4 is 65.8 Å². The second kappa shape index (κ2) is 24.2. The van der Waals surface area contributed by atoms with Gasteiger partial charge in [0.2, 0.25) is 35.4 Å². The monoisotopic (exact) mass is 776 g/mol. The van der Waals surface area contributed by atoms with Crippen LogP contribution in [0.5, 0.6) is 0 Å². The van der Waals surface area contributed by atoms with E-state index in [0.717, 1.165) is 0 Å². The van der Waals surface area contributed by atoms with Crippen molar-refractivity contribution in [3.05, 3.63) is 0 Å². The Morgan fingerprint density at radius 2 is 1.46 bits per heavy atom.